The lowest BCUT2D eigenvalue weighted by molar-refractivity contribution is -0.129. The van der Waals surface area contributed by atoms with Crippen molar-refractivity contribution >= 4 is 5.78 Å². The molecule has 0 N–H and O–H groups in total. The topological polar surface area (TPSA) is 70.8 Å². The summed E-state index contributed by atoms with van der Waals surface area (Å²) in [6.07, 6.45) is 0.611. The molecule has 0 aliphatic carbocycles. The number of benzene rings is 3. The Morgan fingerprint density at radius 2 is 1.47 bits per heavy atom. The van der Waals surface area contributed by atoms with E-state index in [-0.39, 0.29) is 5.78 Å². The first-order valence-electron chi connectivity index (χ1n) is 12.9. The number of hydrogen-bond acceptors (Lipinski definition) is 6. The Kier molecular flexibility index (Phi) is 9.72. The van der Waals surface area contributed by atoms with Crippen molar-refractivity contribution in [1.29, 1.82) is 0 Å². The fourth-order valence-corrected chi connectivity index (χ4v) is 3.48. The van der Waals surface area contributed by atoms with Gasteiger partial charge < -0.3 is 18.6 Å². The van der Waals surface area contributed by atoms with E-state index in [1.54, 1.807) is 26.0 Å². The molecule has 0 atom stereocenters. The third-order valence-corrected chi connectivity index (χ3v) is 5.97. The molecule has 4 rings (SSSR count). The minimum atomic E-state index is -0.862. The lowest BCUT2D eigenvalue weighted by Gasteiger charge is -2.23. The second-order valence-corrected chi connectivity index (χ2v) is 9.15. The first kappa shape index (κ1) is 28.5. The van der Waals surface area contributed by atoms with E-state index in [4.69, 9.17) is 18.6 Å². The number of Topliss-reactive ketones (excluding diaryl/α,β-unsaturated/α-hetero) is 1. The molecule has 1 heterocycles. The molecule has 0 bridgehead atoms. The molecule has 0 aliphatic rings. The van der Waals surface area contributed by atoms with Crippen molar-refractivity contribution in [2.75, 3.05) is 6.61 Å². The summed E-state index contributed by atoms with van der Waals surface area (Å²) < 4.78 is 23.5. The standard InChI is InChI=1S/C30H31NO5.C2H6/c1-20-8-6-7-9-28(20)35-25-12-10-23(11-13-25)29-31-27(21(2)34-29)18-19-33-24-14-16-26(17-15-24)36-30(4,5)22(3)32;1-2/h6-17H,18-19H2,1-5H3;1-2H3. The molecule has 0 fully saturated rings. The van der Waals surface area contributed by atoms with E-state index < -0.39 is 5.60 Å². The molecule has 3 aromatic carbocycles. The molecule has 0 aliphatic heterocycles. The third-order valence-electron chi connectivity index (χ3n) is 5.97. The average Bonchev–Trinajstić information content (AvgIpc) is 3.28. The Morgan fingerprint density at radius 3 is 2.11 bits per heavy atom. The maximum atomic E-state index is 11.7. The maximum absolute atomic E-state index is 11.7. The first-order valence-corrected chi connectivity index (χ1v) is 12.9. The van der Waals surface area contributed by atoms with Crippen LogP contribution in [0.4, 0.5) is 0 Å². The summed E-state index contributed by atoms with van der Waals surface area (Å²) in [4.78, 5) is 16.3. The molecule has 0 saturated carbocycles. The van der Waals surface area contributed by atoms with Crippen LogP contribution in [-0.4, -0.2) is 23.0 Å². The summed E-state index contributed by atoms with van der Waals surface area (Å²) in [5.74, 6) is 4.23. The first-order chi connectivity index (χ1) is 18.2. The molecule has 0 amide bonds. The predicted molar refractivity (Wildman–Crippen MR) is 150 cm³/mol. The third kappa shape index (κ3) is 7.48. The van der Waals surface area contributed by atoms with Crippen LogP contribution in [0, 0.1) is 13.8 Å². The zero-order valence-electron chi connectivity index (χ0n) is 23.3. The number of hydrogen-bond donors (Lipinski definition) is 0. The zero-order chi connectivity index (χ0) is 27.7. The Morgan fingerprint density at radius 1 is 0.868 bits per heavy atom. The van der Waals surface area contributed by atoms with Gasteiger partial charge in [0.25, 0.3) is 0 Å². The molecular weight excluding hydrogens is 478 g/mol. The molecule has 6 nitrogen and oxygen atoms in total. The maximum Gasteiger partial charge on any atom is 0.226 e. The van der Waals surface area contributed by atoms with Gasteiger partial charge in [0, 0.05) is 12.0 Å². The van der Waals surface area contributed by atoms with Crippen molar-refractivity contribution in [3.63, 3.8) is 0 Å². The van der Waals surface area contributed by atoms with E-state index in [1.165, 1.54) is 6.92 Å². The van der Waals surface area contributed by atoms with Crippen LogP contribution in [0.5, 0.6) is 23.0 Å². The fraction of sp³-hybridized carbons (Fsp3) is 0.312. The Labute approximate surface area is 225 Å². The number of aromatic nitrogens is 1. The molecule has 38 heavy (non-hydrogen) atoms. The average molecular weight is 516 g/mol. The normalized spacial score (nSPS) is 10.8. The van der Waals surface area contributed by atoms with Crippen LogP contribution in [0.2, 0.25) is 0 Å². The van der Waals surface area contributed by atoms with Gasteiger partial charge in [-0.2, -0.15) is 0 Å². The Hall–Kier alpha value is -4.06. The van der Waals surface area contributed by atoms with E-state index in [2.05, 4.69) is 4.98 Å². The second kappa shape index (κ2) is 13.0. The summed E-state index contributed by atoms with van der Waals surface area (Å²) in [5.41, 5.74) is 1.96. The number of ketones is 1. The Bertz CT molecular complexity index is 1320. The van der Waals surface area contributed by atoms with Gasteiger partial charge in [-0.05, 0) is 94.8 Å². The molecule has 1 aromatic heterocycles. The van der Waals surface area contributed by atoms with E-state index in [0.29, 0.717) is 30.4 Å². The van der Waals surface area contributed by atoms with E-state index >= 15 is 0 Å². The number of aryl methyl sites for hydroxylation is 2. The van der Waals surface area contributed by atoms with E-state index in [0.717, 1.165) is 34.1 Å². The van der Waals surface area contributed by atoms with Crippen molar-refractivity contribution in [3.8, 4) is 34.5 Å². The number of rotatable bonds is 10. The molecule has 0 radical (unpaired) electrons. The van der Waals surface area contributed by atoms with Gasteiger partial charge >= 0.3 is 0 Å². The predicted octanol–water partition coefficient (Wildman–Crippen LogP) is 8.14. The van der Waals surface area contributed by atoms with Gasteiger partial charge in [0.1, 0.15) is 28.8 Å². The molecule has 6 heteroatoms. The summed E-state index contributed by atoms with van der Waals surface area (Å²) in [6, 6.07) is 22.9. The number of ether oxygens (including phenoxy) is 3. The highest BCUT2D eigenvalue weighted by atomic mass is 16.5. The van der Waals surface area contributed by atoms with Gasteiger partial charge in [0.05, 0.1) is 12.3 Å². The van der Waals surface area contributed by atoms with Crippen LogP contribution < -0.4 is 14.2 Å². The smallest absolute Gasteiger partial charge is 0.226 e. The Balaban J connectivity index is 0.00000195. The van der Waals surface area contributed by atoms with Gasteiger partial charge in [-0.1, -0.05) is 32.0 Å². The van der Waals surface area contributed by atoms with Gasteiger partial charge in [-0.3, -0.25) is 4.79 Å². The lowest BCUT2D eigenvalue weighted by atomic mass is 10.1. The molecule has 0 unspecified atom stereocenters. The van der Waals surface area contributed by atoms with Gasteiger partial charge in [0.2, 0.25) is 5.89 Å². The number of nitrogens with zero attached hydrogens (tertiary/aromatic N) is 1. The molecule has 4 aromatic rings. The van der Waals surface area contributed by atoms with Crippen molar-refractivity contribution in [2.45, 2.75) is 60.5 Å². The zero-order valence-corrected chi connectivity index (χ0v) is 23.3. The highest BCUT2D eigenvalue weighted by Gasteiger charge is 2.25. The molecule has 200 valence electrons. The monoisotopic (exact) mass is 515 g/mol. The van der Waals surface area contributed by atoms with Crippen molar-refractivity contribution in [3.05, 3.63) is 89.8 Å². The van der Waals surface area contributed by atoms with Crippen molar-refractivity contribution in [2.24, 2.45) is 0 Å². The van der Waals surface area contributed by atoms with Gasteiger partial charge in [-0.25, -0.2) is 4.98 Å². The van der Waals surface area contributed by atoms with Crippen molar-refractivity contribution < 1.29 is 23.4 Å². The highest BCUT2D eigenvalue weighted by molar-refractivity contribution is 5.84. The quantitative estimate of drug-likeness (QED) is 0.212. The highest BCUT2D eigenvalue weighted by Crippen LogP contribution is 2.28. The van der Waals surface area contributed by atoms with E-state index in [9.17, 15) is 4.79 Å². The SMILES string of the molecule is CC.CC(=O)C(C)(C)Oc1ccc(OCCc2nc(-c3ccc(Oc4ccccc4C)cc3)oc2C)cc1. The van der Waals surface area contributed by atoms with Crippen LogP contribution in [0.25, 0.3) is 11.5 Å². The van der Waals surface area contributed by atoms with Gasteiger partial charge in [-0.15, -0.1) is 0 Å². The van der Waals surface area contributed by atoms with Crippen LogP contribution in [0.1, 0.15) is 51.6 Å². The number of oxazole rings is 1. The van der Waals surface area contributed by atoms with E-state index in [1.807, 2.05) is 88.4 Å². The fourth-order valence-electron chi connectivity index (χ4n) is 3.48. The molecular formula is C32H37NO5. The second-order valence-electron chi connectivity index (χ2n) is 9.15. The summed E-state index contributed by atoms with van der Waals surface area (Å²) >= 11 is 0. The van der Waals surface area contributed by atoms with Crippen LogP contribution in [0.15, 0.2) is 77.2 Å². The van der Waals surface area contributed by atoms with Crippen LogP contribution in [-0.2, 0) is 11.2 Å². The summed E-state index contributed by atoms with van der Waals surface area (Å²) in [5, 5.41) is 0. The number of carbonyl (C=O) groups is 1. The largest absolute Gasteiger partial charge is 0.493 e. The van der Waals surface area contributed by atoms with Crippen LogP contribution >= 0.6 is 0 Å². The minimum Gasteiger partial charge on any atom is -0.493 e. The lowest BCUT2D eigenvalue weighted by Crippen LogP contribution is -2.36. The van der Waals surface area contributed by atoms with Gasteiger partial charge in [0.15, 0.2) is 11.4 Å². The minimum absolute atomic E-state index is 0.0308. The molecule has 0 spiro atoms. The number of carbonyl (C=O) groups excluding carboxylic acids is 1. The summed E-state index contributed by atoms with van der Waals surface area (Å²) in [7, 11) is 0. The van der Waals surface area contributed by atoms with Crippen molar-refractivity contribution in [1.82, 2.24) is 4.98 Å². The summed E-state index contributed by atoms with van der Waals surface area (Å²) in [6.45, 7) is 13.4. The van der Waals surface area contributed by atoms with Crippen LogP contribution in [0.3, 0.4) is 0 Å². The molecule has 0 saturated heterocycles. The number of para-hydroxylation sites is 1.